The first-order chi connectivity index (χ1) is 32.4. The summed E-state index contributed by atoms with van der Waals surface area (Å²) in [6.45, 7) is 23.0. The molecule has 0 saturated carbocycles. The third-order valence-electron chi connectivity index (χ3n) is 12.4. The van der Waals surface area contributed by atoms with Gasteiger partial charge in [0.15, 0.2) is 0 Å². The zero-order valence-corrected chi connectivity index (χ0v) is 50.6. The average Bonchev–Trinajstić information content (AvgIpc) is 3.31. The standard InChI is InChI=1S/C54H114O6S4Si2/c1-9-15-21-27-33-39-45-55-65(56-46-40-34-28-22-16-10-2,57-47-41-35-29-23-17-11-3)51-53(7)61-63-64-62-54(8)52-66(58-48-42-36-30-24-18-12-4,59-49-43-37-31-25-19-13-5)60-50-44-38-32-26-20-14-6/h53-54H,9-52H2,1-8H3. The lowest BCUT2D eigenvalue weighted by atomic mass is 10.1. The first-order valence-corrected chi connectivity index (χ1v) is 37.7. The maximum atomic E-state index is 6.91. The quantitative estimate of drug-likeness (QED) is 0.0334. The highest BCUT2D eigenvalue weighted by atomic mass is 33.7. The second kappa shape index (κ2) is 52.9. The fourth-order valence-electron chi connectivity index (χ4n) is 8.20. The molecule has 0 fully saturated rings. The third-order valence-corrected chi connectivity index (χ3v) is 26.3. The van der Waals surface area contributed by atoms with Crippen molar-refractivity contribution in [3.8, 4) is 0 Å². The fourth-order valence-corrected chi connectivity index (χ4v) is 22.6. The SMILES string of the molecule is CCCCCCCCO[Si](CC(C)SSSSC(C)C[Si](OCCCCCCCC)(OCCCCCCCC)OCCCCCCCC)(OCCCCCCCC)OCCCCCCCC. The average molecular weight is 1040 g/mol. The Labute approximate surface area is 431 Å². The molecule has 0 aromatic rings. The maximum Gasteiger partial charge on any atom is 0.502 e. The van der Waals surface area contributed by atoms with Gasteiger partial charge in [-0.25, -0.2) is 0 Å². The Hall–Kier alpha value is 1.59. The molecule has 0 aliphatic heterocycles. The summed E-state index contributed by atoms with van der Waals surface area (Å²) < 4.78 is 41.5. The van der Waals surface area contributed by atoms with Crippen molar-refractivity contribution in [3.05, 3.63) is 0 Å². The molecule has 66 heavy (non-hydrogen) atoms. The lowest BCUT2D eigenvalue weighted by molar-refractivity contribution is 0.0547. The van der Waals surface area contributed by atoms with E-state index < -0.39 is 17.6 Å². The summed E-state index contributed by atoms with van der Waals surface area (Å²) in [5.41, 5.74) is 0. The van der Waals surface area contributed by atoms with Crippen LogP contribution >= 0.6 is 41.2 Å². The lowest BCUT2D eigenvalue weighted by Gasteiger charge is -2.32. The molecule has 0 heterocycles. The van der Waals surface area contributed by atoms with Gasteiger partial charge < -0.3 is 26.6 Å². The molecule has 0 radical (unpaired) electrons. The molecule has 0 aliphatic rings. The van der Waals surface area contributed by atoms with Gasteiger partial charge in [0.05, 0.1) is 0 Å². The number of unbranched alkanes of at least 4 members (excludes halogenated alkanes) is 30. The van der Waals surface area contributed by atoms with Gasteiger partial charge in [-0.2, -0.15) is 0 Å². The van der Waals surface area contributed by atoms with Gasteiger partial charge in [-0.05, 0) is 58.2 Å². The van der Waals surface area contributed by atoms with Crippen LogP contribution in [0.25, 0.3) is 0 Å². The molecule has 0 spiro atoms. The number of rotatable bonds is 57. The third kappa shape index (κ3) is 44.3. The Morgan fingerprint density at radius 2 is 0.424 bits per heavy atom. The van der Waals surface area contributed by atoms with Crippen LogP contribution in [0.2, 0.25) is 12.1 Å². The van der Waals surface area contributed by atoms with Crippen molar-refractivity contribution in [3.63, 3.8) is 0 Å². The monoisotopic (exact) mass is 1040 g/mol. The van der Waals surface area contributed by atoms with E-state index >= 15 is 0 Å². The highest BCUT2D eigenvalue weighted by molar-refractivity contribution is 9.26. The van der Waals surface area contributed by atoms with Gasteiger partial charge >= 0.3 is 17.6 Å². The summed E-state index contributed by atoms with van der Waals surface area (Å²) in [7, 11) is 2.02. The first kappa shape index (κ1) is 67.6. The van der Waals surface area contributed by atoms with E-state index in [2.05, 4.69) is 55.4 Å². The molecule has 0 aromatic heterocycles. The molecular weight excluding hydrogens is 929 g/mol. The van der Waals surface area contributed by atoms with Crippen LogP contribution in [0.5, 0.6) is 0 Å². The zero-order chi connectivity index (χ0) is 48.3. The Balaban J connectivity index is 5.78. The summed E-state index contributed by atoms with van der Waals surface area (Å²) in [6.07, 6.45) is 45.4. The fraction of sp³-hybridized carbons (Fsp3) is 1.00. The molecule has 398 valence electrons. The van der Waals surface area contributed by atoms with Crippen molar-refractivity contribution in [2.75, 3.05) is 39.6 Å². The Morgan fingerprint density at radius 3 is 0.606 bits per heavy atom. The minimum absolute atomic E-state index is 0.360. The van der Waals surface area contributed by atoms with Gasteiger partial charge in [-0.3, -0.25) is 0 Å². The van der Waals surface area contributed by atoms with Crippen molar-refractivity contribution in [1.82, 2.24) is 0 Å². The van der Waals surface area contributed by atoms with Gasteiger partial charge in [0.1, 0.15) is 0 Å². The summed E-state index contributed by atoms with van der Waals surface area (Å²) in [6, 6.07) is 1.74. The molecule has 0 saturated heterocycles. The lowest BCUT2D eigenvalue weighted by Crippen LogP contribution is -2.48. The van der Waals surface area contributed by atoms with E-state index in [0.717, 1.165) is 90.3 Å². The van der Waals surface area contributed by atoms with Crippen molar-refractivity contribution >= 4 is 58.8 Å². The van der Waals surface area contributed by atoms with Crippen LogP contribution in [0.4, 0.5) is 0 Å². The molecule has 0 N–H and O–H groups in total. The van der Waals surface area contributed by atoms with E-state index in [-0.39, 0.29) is 0 Å². The summed E-state index contributed by atoms with van der Waals surface area (Å²) in [5, 5.41) is 0.721. The predicted octanol–water partition coefficient (Wildman–Crippen LogP) is 20.6. The van der Waals surface area contributed by atoms with Crippen LogP contribution in [0.1, 0.15) is 287 Å². The summed E-state index contributed by atoms with van der Waals surface area (Å²) in [4.78, 5) is 0. The molecule has 0 aromatic carbocycles. The van der Waals surface area contributed by atoms with E-state index in [4.69, 9.17) is 26.6 Å². The van der Waals surface area contributed by atoms with Crippen LogP contribution in [-0.2, 0) is 26.6 Å². The molecule has 0 amide bonds. The summed E-state index contributed by atoms with van der Waals surface area (Å²) in [5.74, 6) is 0. The summed E-state index contributed by atoms with van der Waals surface area (Å²) >= 11 is 0. The van der Waals surface area contributed by atoms with Gasteiger partial charge in [0, 0.05) is 62.2 Å². The Morgan fingerprint density at radius 1 is 0.258 bits per heavy atom. The van der Waals surface area contributed by atoms with Crippen LogP contribution < -0.4 is 0 Å². The maximum absolute atomic E-state index is 6.91. The van der Waals surface area contributed by atoms with Crippen LogP contribution in [0, 0.1) is 0 Å². The molecule has 2 atom stereocenters. The Bertz CT molecular complexity index is 784. The molecule has 2 unspecified atom stereocenters. The van der Waals surface area contributed by atoms with Crippen LogP contribution in [0.3, 0.4) is 0 Å². The molecule has 6 nitrogen and oxygen atoms in total. The van der Waals surface area contributed by atoms with Crippen LogP contribution in [0.15, 0.2) is 0 Å². The normalized spacial score (nSPS) is 13.3. The zero-order valence-electron chi connectivity index (χ0n) is 45.3. The van der Waals surface area contributed by atoms with Gasteiger partial charge in [-0.15, -0.1) is 0 Å². The first-order valence-electron chi connectivity index (χ1n) is 28.8. The van der Waals surface area contributed by atoms with Crippen molar-refractivity contribution in [2.24, 2.45) is 0 Å². The van der Waals surface area contributed by atoms with Crippen molar-refractivity contribution in [1.29, 1.82) is 0 Å². The van der Waals surface area contributed by atoms with E-state index in [9.17, 15) is 0 Å². The molecule has 0 bridgehead atoms. The largest absolute Gasteiger partial charge is 0.502 e. The second-order valence-corrected chi connectivity index (χ2v) is 31.4. The smallest absolute Gasteiger partial charge is 0.373 e. The minimum Gasteiger partial charge on any atom is -0.373 e. The highest BCUT2D eigenvalue weighted by Gasteiger charge is 2.44. The topological polar surface area (TPSA) is 55.4 Å². The van der Waals surface area contributed by atoms with Gasteiger partial charge in [0.2, 0.25) is 0 Å². The van der Waals surface area contributed by atoms with Gasteiger partial charge in [-0.1, -0.05) is 270 Å². The molecular formula is C54H114O6S4Si2. The van der Waals surface area contributed by atoms with E-state index in [1.807, 2.05) is 41.2 Å². The number of hydrogen-bond acceptors (Lipinski definition) is 10. The van der Waals surface area contributed by atoms with Crippen molar-refractivity contribution < 1.29 is 26.6 Å². The minimum atomic E-state index is -2.87. The van der Waals surface area contributed by atoms with Crippen LogP contribution in [-0.4, -0.2) is 67.8 Å². The second-order valence-electron chi connectivity index (χ2n) is 19.4. The van der Waals surface area contributed by atoms with Gasteiger partial charge in [0.25, 0.3) is 0 Å². The Kier molecular flexibility index (Phi) is 54.2. The highest BCUT2D eigenvalue weighted by Crippen LogP contribution is 2.49. The molecule has 0 rings (SSSR count). The van der Waals surface area contributed by atoms with Crippen molar-refractivity contribution in [2.45, 2.75) is 309 Å². The predicted molar refractivity (Wildman–Crippen MR) is 306 cm³/mol. The number of hydrogen-bond donors (Lipinski definition) is 0. The molecule has 12 heteroatoms. The van der Waals surface area contributed by atoms with E-state index in [1.165, 1.54) is 193 Å². The van der Waals surface area contributed by atoms with E-state index in [1.54, 1.807) is 0 Å². The molecule has 0 aliphatic carbocycles. The van der Waals surface area contributed by atoms with E-state index in [0.29, 0.717) is 10.5 Å².